The van der Waals surface area contributed by atoms with Gasteiger partial charge in [0.25, 0.3) is 5.91 Å². The van der Waals surface area contributed by atoms with Crippen molar-refractivity contribution in [3.05, 3.63) is 48.0 Å². The lowest BCUT2D eigenvalue weighted by Gasteiger charge is -2.56. The zero-order valence-corrected chi connectivity index (χ0v) is 14.7. The number of piperazine rings is 1. The Bertz CT molecular complexity index is 810. The summed E-state index contributed by atoms with van der Waals surface area (Å²) in [6.07, 6.45) is 2.44. The summed E-state index contributed by atoms with van der Waals surface area (Å²) >= 11 is 0. The summed E-state index contributed by atoms with van der Waals surface area (Å²) in [5.74, 6) is 0.668. The molecule has 26 heavy (non-hydrogen) atoms. The van der Waals surface area contributed by atoms with E-state index < -0.39 is 5.95 Å². The lowest BCUT2D eigenvalue weighted by molar-refractivity contribution is 0.00586. The van der Waals surface area contributed by atoms with Crippen LogP contribution in [0.1, 0.15) is 16.8 Å². The number of hydrogen-bond donors (Lipinski definition) is 0. The Labute approximate surface area is 151 Å². The highest BCUT2D eigenvalue weighted by atomic mass is 19.1. The van der Waals surface area contributed by atoms with E-state index in [1.807, 2.05) is 4.90 Å². The third kappa shape index (κ3) is 2.83. The third-order valence-electron chi connectivity index (χ3n) is 5.10. The van der Waals surface area contributed by atoms with Crippen LogP contribution in [0, 0.1) is 5.95 Å². The number of hydrogen-bond acceptors (Lipinski definition) is 5. The third-order valence-corrected chi connectivity index (χ3v) is 5.10. The molecule has 2 bridgehead atoms. The zero-order chi connectivity index (χ0) is 18.3. The van der Waals surface area contributed by atoms with Crippen molar-refractivity contribution < 1.29 is 18.7 Å². The van der Waals surface area contributed by atoms with Crippen molar-refractivity contribution in [1.29, 1.82) is 0 Å². The SMILES string of the molecule is COc1cc(OC)cc(C(=O)N2C3CC2CN(c2ccnc(F)c2)C3)c1. The fraction of sp³-hybridized carbons (Fsp3) is 0.368. The van der Waals surface area contributed by atoms with Gasteiger partial charge in [-0.25, -0.2) is 4.98 Å². The smallest absolute Gasteiger partial charge is 0.254 e. The molecule has 1 aromatic heterocycles. The van der Waals surface area contributed by atoms with Crippen LogP contribution < -0.4 is 14.4 Å². The first-order chi connectivity index (χ1) is 12.6. The van der Waals surface area contributed by atoms with Gasteiger partial charge in [-0.3, -0.25) is 4.79 Å². The van der Waals surface area contributed by atoms with E-state index in [1.165, 1.54) is 12.3 Å². The summed E-state index contributed by atoms with van der Waals surface area (Å²) in [4.78, 5) is 20.6. The Morgan fingerprint density at radius 3 is 2.35 bits per heavy atom. The summed E-state index contributed by atoms with van der Waals surface area (Å²) in [5.41, 5.74) is 1.36. The number of fused-ring (bicyclic) bond motifs is 2. The summed E-state index contributed by atoms with van der Waals surface area (Å²) in [6.45, 7) is 1.37. The van der Waals surface area contributed by atoms with E-state index in [4.69, 9.17) is 9.47 Å². The number of methoxy groups -OCH3 is 2. The number of piperidine rings is 1. The first-order valence-corrected chi connectivity index (χ1v) is 8.51. The Hall–Kier alpha value is -2.83. The molecule has 0 N–H and O–H groups in total. The number of anilines is 1. The van der Waals surface area contributed by atoms with Gasteiger partial charge in [-0.2, -0.15) is 4.39 Å². The van der Waals surface area contributed by atoms with E-state index >= 15 is 0 Å². The molecule has 6 nitrogen and oxygen atoms in total. The van der Waals surface area contributed by atoms with Crippen LogP contribution in [-0.4, -0.2) is 55.2 Å². The van der Waals surface area contributed by atoms with Crippen LogP contribution >= 0.6 is 0 Å². The van der Waals surface area contributed by atoms with Gasteiger partial charge in [0, 0.05) is 42.7 Å². The summed E-state index contributed by atoms with van der Waals surface area (Å²) in [5, 5.41) is 0. The molecule has 2 atom stereocenters. The molecule has 4 heterocycles. The van der Waals surface area contributed by atoms with Crippen molar-refractivity contribution in [2.45, 2.75) is 18.5 Å². The molecule has 2 aromatic rings. The predicted octanol–water partition coefficient (Wildman–Crippen LogP) is 2.34. The number of rotatable bonds is 4. The van der Waals surface area contributed by atoms with Crippen LogP contribution in [0.25, 0.3) is 0 Å². The van der Waals surface area contributed by atoms with Gasteiger partial charge < -0.3 is 19.3 Å². The number of pyridine rings is 1. The summed E-state index contributed by atoms with van der Waals surface area (Å²) in [6, 6.07) is 8.68. The van der Waals surface area contributed by atoms with Crippen LogP contribution in [0.3, 0.4) is 0 Å². The van der Waals surface area contributed by atoms with Crippen molar-refractivity contribution in [2.75, 3.05) is 32.2 Å². The second-order valence-electron chi connectivity index (χ2n) is 6.60. The number of nitrogens with zero attached hydrogens (tertiary/aromatic N) is 3. The van der Waals surface area contributed by atoms with E-state index in [-0.39, 0.29) is 18.0 Å². The van der Waals surface area contributed by atoms with Crippen LogP contribution in [0.5, 0.6) is 11.5 Å². The first-order valence-electron chi connectivity index (χ1n) is 8.51. The normalized spacial score (nSPS) is 21.2. The van der Waals surface area contributed by atoms with Crippen molar-refractivity contribution in [1.82, 2.24) is 9.88 Å². The molecule has 3 aliphatic heterocycles. The minimum Gasteiger partial charge on any atom is -0.497 e. The molecule has 0 spiro atoms. The van der Waals surface area contributed by atoms with Crippen LogP contribution in [0.15, 0.2) is 36.5 Å². The number of amides is 1. The van der Waals surface area contributed by atoms with Crippen LogP contribution in [-0.2, 0) is 0 Å². The average molecular weight is 357 g/mol. The Kier molecular flexibility index (Phi) is 4.14. The average Bonchev–Trinajstić information content (AvgIpc) is 2.67. The highest BCUT2D eigenvalue weighted by Gasteiger charge is 2.47. The molecule has 3 fully saturated rings. The largest absolute Gasteiger partial charge is 0.497 e. The van der Waals surface area contributed by atoms with Gasteiger partial charge in [0.2, 0.25) is 5.95 Å². The molecule has 5 rings (SSSR count). The Morgan fingerprint density at radius 1 is 1.12 bits per heavy atom. The minimum absolute atomic E-state index is 0.0241. The van der Waals surface area contributed by atoms with Gasteiger partial charge in [-0.15, -0.1) is 0 Å². The molecule has 7 heteroatoms. The zero-order valence-electron chi connectivity index (χ0n) is 14.7. The Balaban J connectivity index is 1.52. The fourth-order valence-electron chi connectivity index (χ4n) is 3.82. The molecule has 1 amide bonds. The number of ether oxygens (including phenoxy) is 2. The number of aromatic nitrogens is 1. The quantitative estimate of drug-likeness (QED) is 0.786. The van der Waals surface area contributed by atoms with Gasteiger partial charge in [-0.1, -0.05) is 0 Å². The molecule has 0 saturated carbocycles. The number of halogens is 1. The number of benzene rings is 1. The van der Waals surface area contributed by atoms with E-state index in [0.29, 0.717) is 30.2 Å². The minimum atomic E-state index is -0.488. The molecule has 0 radical (unpaired) electrons. The summed E-state index contributed by atoms with van der Waals surface area (Å²) < 4.78 is 23.9. The van der Waals surface area contributed by atoms with Crippen molar-refractivity contribution in [3.63, 3.8) is 0 Å². The number of carbonyl (C=O) groups excluding carboxylic acids is 1. The standard InChI is InChI=1S/C19H20FN3O3/c1-25-16-5-12(6-17(9-16)26-2)19(24)23-14-7-15(23)11-22(10-14)13-3-4-21-18(20)8-13/h3-6,8-9,14-15H,7,10-11H2,1-2H3. The number of carbonyl (C=O) groups is 1. The second kappa shape index (κ2) is 6.48. The van der Waals surface area contributed by atoms with Crippen molar-refractivity contribution in [2.24, 2.45) is 0 Å². The first kappa shape index (κ1) is 16.6. The molecular formula is C19H20FN3O3. The molecule has 3 aliphatic rings. The maximum atomic E-state index is 13.4. The van der Waals surface area contributed by atoms with Gasteiger partial charge in [-0.05, 0) is 24.6 Å². The highest BCUT2D eigenvalue weighted by molar-refractivity contribution is 5.96. The van der Waals surface area contributed by atoms with Crippen molar-refractivity contribution >= 4 is 11.6 Å². The lowest BCUT2D eigenvalue weighted by atomic mass is 9.86. The maximum absolute atomic E-state index is 13.4. The molecule has 1 aromatic carbocycles. The van der Waals surface area contributed by atoms with E-state index in [0.717, 1.165) is 12.1 Å². The molecular weight excluding hydrogens is 337 g/mol. The fourth-order valence-corrected chi connectivity index (χ4v) is 3.82. The maximum Gasteiger partial charge on any atom is 0.254 e. The van der Waals surface area contributed by atoms with Crippen LogP contribution in [0.2, 0.25) is 0 Å². The highest BCUT2D eigenvalue weighted by Crippen LogP contribution is 2.36. The second-order valence-corrected chi connectivity index (χ2v) is 6.60. The topological polar surface area (TPSA) is 54.9 Å². The van der Waals surface area contributed by atoms with Crippen molar-refractivity contribution in [3.8, 4) is 11.5 Å². The van der Waals surface area contributed by atoms with E-state index in [1.54, 1.807) is 38.5 Å². The van der Waals surface area contributed by atoms with E-state index in [2.05, 4.69) is 9.88 Å². The van der Waals surface area contributed by atoms with E-state index in [9.17, 15) is 9.18 Å². The predicted molar refractivity (Wildman–Crippen MR) is 94.3 cm³/mol. The molecule has 136 valence electrons. The monoisotopic (exact) mass is 357 g/mol. The van der Waals surface area contributed by atoms with Gasteiger partial charge in [0.1, 0.15) is 11.5 Å². The van der Waals surface area contributed by atoms with Crippen LogP contribution in [0.4, 0.5) is 10.1 Å². The van der Waals surface area contributed by atoms with Gasteiger partial charge in [0.05, 0.1) is 26.3 Å². The summed E-state index contributed by atoms with van der Waals surface area (Å²) in [7, 11) is 3.13. The molecule has 3 saturated heterocycles. The molecule has 2 unspecified atom stereocenters. The lowest BCUT2D eigenvalue weighted by Crippen LogP contribution is -2.70. The van der Waals surface area contributed by atoms with Gasteiger partial charge in [0.15, 0.2) is 0 Å². The van der Waals surface area contributed by atoms with Gasteiger partial charge >= 0.3 is 0 Å². The Morgan fingerprint density at radius 2 is 1.77 bits per heavy atom. The molecule has 0 aliphatic carbocycles.